The van der Waals surface area contributed by atoms with Crippen molar-refractivity contribution in [1.29, 1.82) is 0 Å². The summed E-state index contributed by atoms with van der Waals surface area (Å²) in [7, 11) is 0. The number of hydrogen-bond acceptors (Lipinski definition) is 2. The summed E-state index contributed by atoms with van der Waals surface area (Å²) >= 11 is 0. The quantitative estimate of drug-likeness (QED) is 0.685. The minimum Gasteiger partial charge on any atom is -0.354 e. The highest BCUT2D eigenvalue weighted by atomic mass is 16.1. The largest absolute Gasteiger partial charge is 0.354 e. The Morgan fingerprint density at radius 2 is 1.79 bits per heavy atom. The maximum absolute atomic E-state index is 11.3. The van der Waals surface area contributed by atoms with Crippen molar-refractivity contribution < 1.29 is 4.79 Å². The smallest absolute Gasteiger partial charge is 0.221 e. The first-order chi connectivity index (χ1) is 6.41. The molecule has 0 aliphatic carbocycles. The van der Waals surface area contributed by atoms with Crippen molar-refractivity contribution >= 4 is 5.91 Å². The van der Waals surface area contributed by atoms with Crippen LogP contribution in [0.15, 0.2) is 0 Å². The van der Waals surface area contributed by atoms with E-state index >= 15 is 0 Å². The Morgan fingerprint density at radius 3 is 2.21 bits per heavy atom. The van der Waals surface area contributed by atoms with Crippen LogP contribution >= 0.6 is 0 Å². The van der Waals surface area contributed by atoms with Crippen LogP contribution in [0.1, 0.15) is 47.0 Å². The highest BCUT2D eigenvalue weighted by Crippen LogP contribution is 2.06. The first kappa shape index (κ1) is 13.4. The zero-order valence-corrected chi connectivity index (χ0v) is 9.84. The fourth-order valence-corrected chi connectivity index (χ4v) is 1.28. The van der Waals surface area contributed by atoms with Gasteiger partial charge in [0.05, 0.1) is 0 Å². The van der Waals surface area contributed by atoms with E-state index in [1.54, 1.807) is 0 Å². The van der Waals surface area contributed by atoms with E-state index in [-0.39, 0.29) is 18.0 Å². The molecule has 2 atom stereocenters. The molecule has 0 rings (SSSR count). The fraction of sp³-hybridized carbons (Fsp3) is 0.909. The lowest BCUT2D eigenvalue weighted by Gasteiger charge is -2.15. The van der Waals surface area contributed by atoms with Crippen LogP contribution in [0.25, 0.3) is 0 Å². The van der Waals surface area contributed by atoms with E-state index in [0.29, 0.717) is 12.3 Å². The van der Waals surface area contributed by atoms with E-state index in [4.69, 9.17) is 5.73 Å². The number of rotatable bonds is 6. The van der Waals surface area contributed by atoms with E-state index in [2.05, 4.69) is 19.2 Å². The van der Waals surface area contributed by atoms with Gasteiger partial charge in [-0.1, -0.05) is 13.8 Å². The number of carbonyl (C=O) groups excluding carboxylic acids is 1. The molecule has 0 saturated heterocycles. The van der Waals surface area contributed by atoms with Gasteiger partial charge in [0, 0.05) is 18.5 Å². The lowest BCUT2D eigenvalue weighted by Crippen LogP contribution is -2.36. The summed E-state index contributed by atoms with van der Waals surface area (Å²) in [5.74, 6) is 0.763. The Labute approximate surface area is 87.4 Å². The van der Waals surface area contributed by atoms with Crippen LogP contribution in [0.4, 0.5) is 0 Å². The standard InChI is InChI=1S/C11H24N2O/c1-8(2)5-6-10(4)13-11(14)7-9(3)12/h8-10H,5-7,12H2,1-4H3,(H,13,14). The summed E-state index contributed by atoms with van der Waals surface area (Å²) in [4.78, 5) is 11.3. The summed E-state index contributed by atoms with van der Waals surface area (Å²) in [6.07, 6.45) is 2.62. The number of carbonyl (C=O) groups is 1. The van der Waals surface area contributed by atoms with E-state index in [9.17, 15) is 4.79 Å². The maximum Gasteiger partial charge on any atom is 0.221 e. The summed E-state index contributed by atoms with van der Waals surface area (Å²) in [6, 6.07) is 0.218. The van der Waals surface area contributed by atoms with Crippen molar-refractivity contribution in [2.24, 2.45) is 11.7 Å². The summed E-state index contributed by atoms with van der Waals surface area (Å²) in [5, 5.41) is 2.95. The summed E-state index contributed by atoms with van der Waals surface area (Å²) < 4.78 is 0. The van der Waals surface area contributed by atoms with Gasteiger partial charge in [-0.25, -0.2) is 0 Å². The first-order valence-electron chi connectivity index (χ1n) is 5.46. The van der Waals surface area contributed by atoms with Gasteiger partial charge < -0.3 is 11.1 Å². The van der Waals surface area contributed by atoms with E-state index < -0.39 is 0 Å². The van der Waals surface area contributed by atoms with Gasteiger partial charge in [-0.15, -0.1) is 0 Å². The molecule has 0 heterocycles. The van der Waals surface area contributed by atoms with Crippen LogP contribution < -0.4 is 11.1 Å². The predicted octanol–water partition coefficient (Wildman–Crippen LogP) is 1.66. The predicted molar refractivity (Wildman–Crippen MR) is 59.9 cm³/mol. The second-order valence-corrected chi connectivity index (χ2v) is 4.62. The molecule has 0 aromatic rings. The van der Waals surface area contributed by atoms with Crippen molar-refractivity contribution in [2.75, 3.05) is 0 Å². The third-order valence-corrected chi connectivity index (χ3v) is 2.09. The van der Waals surface area contributed by atoms with E-state index in [1.807, 2.05) is 13.8 Å². The molecule has 84 valence electrons. The monoisotopic (exact) mass is 200 g/mol. The molecular formula is C11H24N2O. The lowest BCUT2D eigenvalue weighted by molar-refractivity contribution is -0.122. The normalized spacial score (nSPS) is 15.3. The third kappa shape index (κ3) is 8.05. The van der Waals surface area contributed by atoms with Gasteiger partial charge in [-0.3, -0.25) is 4.79 Å². The van der Waals surface area contributed by atoms with Gasteiger partial charge in [0.25, 0.3) is 0 Å². The van der Waals surface area contributed by atoms with Gasteiger partial charge in [-0.05, 0) is 32.6 Å². The highest BCUT2D eigenvalue weighted by molar-refractivity contribution is 5.76. The molecule has 14 heavy (non-hydrogen) atoms. The number of nitrogens with two attached hydrogens (primary N) is 1. The maximum atomic E-state index is 11.3. The van der Waals surface area contributed by atoms with Crippen LogP contribution in [0.2, 0.25) is 0 Å². The first-order valence-corrected chi connectivity index (χ1v) is 5.46. The van der Waals surface area contributed by atoms with Gasteiger partial charge >= 0.3 is 0 Å². The van der Waals surface area contributed by atoms with Crippen LogP contribution in [0.5, 0.6) is 0 Å². The Kier molecular flexibility index (Phi) is 6.54. The summed E-state index contributed by atoms with van der Waals surface area (Å²) in [6.45, 7) is 8.27. The van der Waals surface area contributed by atoms with Crippen molar-refractivity contribution in [1.82, 2.24) is 5.32 Å². The topological polar surface area (TPSA) is 55.1 Å². The van der Waals surface area contributed by atoms with Crippen molar-refractivity contribution in [3.8, 4) is 0 Å². The van der Waals surface area contributed by atoms with Crippen molar-refractivity contribution in [3.63, 3.8) is 0 Å². The minimum absolute atomic E-state index is 0.0488. The molecule has 0 aromatic carbocycles. The number of nitrogens with one attached hydrogen (secondary N) is 1. The Hall–Kier alpha value is -0.570. The molecule has 0 radical (unpaired) electrons. The number of hydrogen-bond donors (Lipinski definition) is 2. The van der Waals surface area contributed by atoms with Crippen LogP contribution in [0, 0.1) is 5.92 Å². The Balaban J connectivity index is 3.60. The highest BCUT2D eigenvalue weighted by Gasteiger charge is 2.09. The molecule has 2 unspecified atom stereocenters. The molecule has 3 N–H and O–H groups in total. The number of amides is 1. The zero-order chi connectivity index (χ0) is 11.1. The van der Waals surface area contributed by atoms with Crippen LogP contribution in [-0.4, -0.2) is 18.0 Å². The second-order valence-electron chi connectivity index (χ2n) is 4.62. The third-order valence-electron chi connectivity index (χ3n) is 2.09. The molecule has 3 heteroatoms. The molecule has 0 fully saturated rings. The van der Waals surface area contributed by atoms with Crippen LogP contribution in [-0.2, 0) is 4.79 Å². The molecule has 0 aromatic heterocycles. The van der Waals surface area contributed by atoms with Crippen LogP contribution in [0.3, 0.4) is 0 Å². The lowest BCUT2D eigenvalue weighted by atomic mass is 10.0. The molecular weight excluding hydrogens is 176 g/mol. The molecule has 0 saturated carbocycles. The minimum atomic E-state index is -0.0488. The molecule has 0 bridgehead atoms. The van der Waals surface area contributed by atoms with Crippen molar-refractivity contribution in [2.45, 2.75) is 59.0 Å². The molecule has 3 nitrogen and oxygen atoms in total. The summed E-state index contributed by atoms with van der Waals surface area (Å²) in [5.41, 5.74) is 5.53. The second kappa shape index (κ2) is 6.82. The fourth-order valence-electron chi connectivity index (χ4n) is 1.28. The molecule has 1 amide bonds. The van der Waals surface area contributed by atoms with Gasteiger partial charge in [-0.2, -0.15) is 0 Å². The molecule has 0 aliphatic rings. The van der Waals surface area contributed by atoms with Gasteiger partial charge in [0.1, 0.15) is 0 Å². The SMILES string of the molecule is CC(C)CCC(C)NC(=O)CC(C)N. The van der Waals surface area contributed by atoms with E-state index in [0.717, 1.165) is 12.8 Å². The van der Waals surface area contributed by atoms with Gasteiger partial charge in [0.15, 0.2) is 0 Å². The molecule has 0 aliphatic heterocycles. The molecule has 0 spiro atoms. The average molecular weight is 200 g/mol. The average Bonchev–Trinajstić information content (AvgIpc) is 1.98. The Morgan fingerprint density at radius 1 is 1.21 bits per heavy atom. The van der Waals surface area contributed by atoms with Gasteiger partial charge in [0.2, 0.25) is 5.91 Å². The Bertz CT molecular complexity index is 167. The van der Waals surface area contributed by atoms with Crippen molar-refractivity contribution in [3.05, 3.63) is 0 Å². The zero-order valence-electron chi connectivity index (χ0n) is 9.84. The van der Waals surface area contributed by atoms with E-state index in [1.165, 1.54) is 0 Å².